The Kier molecular flexibility index (Phi) is 3.08. The zero-order valence-electron chi connectivity index (χ0n) is 10.5. The van der Waals surface area contributed by atoms with Gasteiger partial charge in [-0.2, -0.15) is 5.10 Å². The fourth-order valence-corrected chi connectivity index (χ4v) is 1.89. The summed E-state index contributed by atoms with van der Waals surface area (Å²) in [6, 6.07) is 6.69. The molecule has 1 aliphatic rings. The number of benzene rings is 1. The van der Waals surface area contributed by atoms with Gasteiger partial charge in [-0.15, -0.1) is 0 Å². The number of hydrogen-bond acceptors (Lipinski definition) is 4. The molecule has 2 amide bonds. The number of rotatable bonds is 3. The summed E-state index contributed by atoms with van der Waals surface area (Å²) in [6.07, 6.45) is 1.62. The molecule has 2 aromatic rings. The lowest BCUT2D eigenvalue weighted by Gasteiger charge is -2.18. The number of carbonyl (C=O) groups excluding carboxylic acids is 2. The highest BCUT2D eigenvalue weighted by molar-refractivity contribution is 5.99. The molecule has 0 fully saturated rings. The second-order valence-electron chi connectivity index (χ2n) is 4.31. The summed E-state index contributed by atoms with van der Waals surface area (Å²) in [5.41, 5.74) is 1.78. The first-order valence-electron chi connectivity index (χ1n) is 6.05. The van der Waals surface area contributed by atoms with Crippen molar-refractivity contribution in [2.75, 3.05) is 11.9 Å². The monoisotopic (exact) mass is 272 g/mol. The lowest BCUT2D eigenvalue weighted by atomic mass is 10.1. The molecule has 3 N–H and O–H groups in total. The molecule has 7 nitrogen and oxygen atoms in total. The van der Waals surface area contributed by atoms with Gasteiger partial charge in [-0.25, -0.2) is 0 Å². The molecule has 0 saturated heterocycles. The fraction of sp³-hybridized carbons (Fsp3) is 0.154. The normalized spacial score (nSPS) is 13.1. The van der Waals surface area contributed by atoms with Crippen LogP contribution in [-0.4, -0.2) is 28.6 Å². The van der Waals surface area contributed by atoms with Crippen LogP contribution in [0.1, 0.15) is 16.1 Å². The summed E-state index contributed by atoms with van der Waals surface area (Å²) < 4.78 is 5.23. The third-order valence-corrected chi connectivity index (χ3v) is 2.87. The maximum atomic E-state index is 12.0. The number of hydrogen-bond donors (Lipinski definition) is 3. The Hall–Kier alpha value is -2.83. The molecule has 0 saturated carbocycles. The molecule has 0 radical (unpaired) electrons. The van der Waals surface area contributed by atoms with E-state index in [9.17, 15) is 9.59 Å². The van der Waals surface area contributed by atoms with Gasteiger partial charge in [0.15, 0.2) is 6.61 Å². The summed E-state index contributed by atoms with van der Waals surface area (Å²) >= 11 is 0. The molecular formula is C13H12N4O3. The van der Waals surface area contributed by atoms with E-state index in [1.807, 2.05) is 0 Å². The zero-order chi connectivity index (χ0) is 13.9. The van der Waals surface area contributed by atoms with Gasteiger partial charge in [-0.1, -0.05) is 0 Å². The van der Waals surface area contributed by atoms with Gasteiger partial charge in [0.1, 0.15) is 5.75 Å². The highest BCUT2D eigenvalue weighted by atomic mass is 16.5. The molecule has 2 heterocycles. The topological polar surface area (TPSA) is 96.1 Å². The van der Waals surface area contributed by atoms with Crippen LogP contribution in [0.25, 0.3) is 0 Å². The molecule has 0 spiro atoms. The molecule has 1 aliphatic heterocycles. The van der Waals surface area contributed by atoms with E-state index in [0.29, 0.717) is 23.5 Å². The van der Waals surface area contributed by atoms with Crippen molar-refractivity contribution in [2.45, 2.75) is 6.54 Å². The van der Waals surface area contributed by atoms with Crippen molar-refractivity contribution in [1.29, 1.82) is 0 Å². The Bertz CT molecular complexity index is 652. The van der Waals surface area contributed by atoms with Crippen molar-refractivity contribution in [3.63, 3.8) is 0 Å². The number of anilines is 1. The van der Waals surface area contributed by atoms with Gasteiger partial charge in [-0.3, -0.25) is 14.7 Å². The number of nitrogens with one attached hydrogen (secondary N) is 3. The number of aromatic amines is 1. The minimum atomic E-state index is -0.234. The van der Waals surface area contributed by atoms with Crippen LogP contribution in [-0.2, 0) is 11.3 Å². The van der Waals surface area contributed by atoms with Crippen molar-refractivity contribution in [2.24, 2.45) is 0 Å². The van der Waals surface area contributed by atoms with Gasteiger partial charge in [0.25, 0.3) is 11.8 Å². The largest absolute Gasteiger partial charge is 0.482 e. The Morgan fingerprint density at radius 1 is 1.40 bits per heavy atom. The number of H-pyrrole nitrogens is 1. The van der Waals surface area contributed by atoms with Gasteiger partial charge in [0.05, 0.1) is 17.9 Å². The Balaban J connectivity index is 1.72. The molecule has 0 unspecified atom stereocenters. The van der Waals surface area contributed by atoms with Crippen molar-refractivity contribution in [1.82, 2.24) is 15.5 Å². The molecule has 1 aromatic carbocycles. The first kappa shape index (κ1) is 12.2. The van der Waals surface area contributed by atoms with Gasteiger partial charge in [0, 0.05) is 11.8 Å². The predicted octanol–water partition coefficient (Wildman–Crippen LogP) is 0.671. The quantitative estimate of drug-likeness (QED) is 0.765. The molecule has 0 atom stereocenters. The molecule has 7 heteroatoms. The summed E-state index contributed by atoms with van der Waals surface area (Å²) in [6.45, 7) is 0.358. The maximum absolute atomic E-state index is 12.0. The van der Waals surface area contributed by atoms with E-state index >= 15 is 0 Å². The van der Waals surface area contributed by atoms with E-state index in [1.165, 1.54) is 0 Å². The molecular weight excluding hydrogens is 260 g/mol. The van der Waals surface area contributed by atoms with E-state index in [-0.39, 0.29) is 18.4 Å². The van der Waals surface area contributed by atoms with Crippen LogP contribution in [0.5, 0.6) is 5.75 Å². The summed E-state index contributed by atoms with van der Waals surface area (Å²) in [7, 11) is 0. The summed E-state index contributed by atoms with van der Waals surface area (Å²) in [4.78, 5) is 23.2. The van der Waals surface area contributed by atoms with Crippen LogP contribution >= 0.6 is 0 Å². The van der Waals surface area contributed by atoms with E-state index in [2.05, 4.69) is 20.8 Å². The Morgan fingerprint density at radius 3 is 3.10 bits per heavy atom. The van der Waals surface area contributed by atoms with Crippen LogP contribution < -0.4 is 15.4 Å². The smallest absolute Gasteiger partial charge is 0.262 e. The molecule has 1 aromatic heterocycles. The standard InChI is InChI=1S/C13H12N4O3/c18-12-7-20-11-2-1-8(5-10(11)16-12)13(19)14-6-9-3-4-15-17-9/h1-5H,6-7H2,(H,14,19)(H,15,17)(H,16,18). The lowest BCUT2D eigenvalue weighted by Crippen LogP contribution is -2.27. The first-order chi connectivity index (χ1) is 9.72. The van der Waals surface area contributed by atoms with Gasteiger partial charge in [-0.05, 0) is 24.3 Å². The second-order valence-corrected chi connectivity index (χ2v) is 4.31. The minimum absolute atomic E-state index is 0.00162. The first-order valence-corrected chi connectivity index (χ1v) is 6.05. The number of amides is 2. The Morgan fingerprint density at radius 2 is 2.30 bits per heavy atom. The second kappa shape index (κ2) is 5.04. The van der Waals surface area contributed by atoms with E-state index in [0.717, 1.165) is 5.69 Å². The number of fused-ring (bicyclic) bond motifs is 1. The zero-order valence-corrected chi connectivity index (χ0v) is 10.5. The van der Waals surface area contributed by atoms with Crippen molar-refractivity contribution in [3.8, 4) is 5.75 Å². The number of nitrogens with zero attached hydrogens (tertiary/aromatic N) is 1. The summed E-state index contributed by atoms with van der Waals surface area (Å²) in [5.74, 6) is 0.101. The minimum Gasteiger partial charge on any atom is -0.482 e. The maximum Gasteiger partial charge on any atom is 0.262 e. The Labute approximate surface area is 114 Å². The van der Waals surface area contributed by atoms with Gasteiger partial charge >= 0.3 is 0 Å². The van der Waals surface area contributed by atoms with E-state index < -0.39 is 0 Å². The third-order valence-electron chi connectivity index (χ3n) is 2.87. The highest BCUT2D eigenvalue weighted by Crippen LogP contribution is 2.28. The average molecular weight is 272 g/mol. The predicted molar refractivity (Wildman–Crippen MR) is 70.3 cm³/mol. The molecule has 102 valence electrons. The molecule has 0 aliphatic carbocycles. The number of ether oxygens (including phenoxy) is 1. The van der Waals surface area contributed by atoms with Crippen LogP contribution in [0.15, 0.2) is 30.5 Å². The van der Waals surface area contributed by atoms with Gasteiger partial charge < -0.3 is 15.4 Å². The lowest BCUT2D eigenvalue weighted by molar-refractivity contribution is -0.118. The van der Waals surface area contributed by atoms with Crippen LogP contribution in [0, 0.1) is 0 Å². The fourth-order valence-electron chi connectivity index (χ4n) is 1.89. The van der Waals surface area contributed by atoms with Gasteiger partial charge in [0.2, 0.25) is 0 Å². The van der Waals surface area contributed by atoms with Crippen LogP contribution in [0.3, 0.4) is 0 Å². The SMILES string of the molecule is O=C1COc2ccc(C(=O)NCc3ccn[nH]3)cc2N1. The molecule has 0 bridgehead atoms. The molecule has 3 rings (SSSR count). The van der Waals surface area contributed by atoms with E-state index in [4.69, 9.17) is 4.74 Å². The third kappa shape index (κ3) is 2.46. The van der Waals surface area contributed by atoms with Crippen molar-refractivity contribution in [3.05, 3.63) is 41.7 Å². The highest BCUT2D eigenvalue weighted by Gasteiger charge is 2.17. The number of carbonyl (C=O) groups is 2. The van der Waals surface area contributed by atoms with Crippen molar-refractivity contribution >= 4 is 17.5 Å². The van der Waals surface area contributed by atoms with Crippen LogP contribution in [0.4, 0.5) is 5.69 Å². The van der Waals surface area contributed by atoms with E-state index in [1.54, 1.807) is 30.5 Å². The average Bonchev–Trinajstić information content (AvgIpc) is 2.97. The molecule has 20 heavy (non-hydrogen) atoms. The summed E-state index contributed by atoms with van der Waals surface area (Å²) in [5, 5.41) is 12.0. The van der Waals surface area contributed by atoms with Crippen molar-refractivity contribution < 1.29 is 14.3 Å². The number of aromatic nitrogens is 2. The van der Waals surface area contributed by atoms with Crippen LogP contribution in [0.2, 0.25) is 0 Å².